The molecule has 0 spiro atoms. The number of nitrogens with two attached hydrogens (primary N) is 1. The molecule has 1 aliphatic rings. The van der Waals surface area contributed by atoms with Crippen molar-refractivity contribution in [3.8, 4) is 5.75 Å². The number of amides is 3. The van der Waals surface area contributed by atoms with E-state index in [9.17, 15) is 14.4 Å². The third-order valence-electron chi connectivity index (χ3n) is 8.28. The normalized spacial score (nSPS) is 16.1. The number of hydrogen-bond donors (Lipinski definition) is 2. The van der Waals surface area contributed by atoms with Crippen molar-refractivity contribution in [3.05, 3.63) is 100 Å². The number of rotatable bonds is 7. The van der Waals surface area contributed by atoms with Crippen LogP contribution in [0.3, 0.4) is 0 Å². The molecule has 0 aromatic heterocycles. The van der Waals surface area contributed by atoms with Crippen molar-refractivity contribution >= 4 is 68.2 Å². The van der Waals surface area contributed by atoms with Crippen molar-refractivity contribution in [2.24, 2.45) is 11.7 Å². The molecule has 8 nitrogen and oxygen atoms in total. The number of hydrogen-bond acceptors (Lipinski definition) is 5. The van der Waals surface area contributed by atoms with E-state index in [1.54, 1.807) is 43.0 Å². The molecule has 43 heavy (non-hydrogen) atoms. The van der Waals surface area contributed by atoms with E-state index in [-0.39, 0.29) is 37.3 Å². The van der Waals surface area contributed by atoms with Gasteiger partial charge in [0.05, 0.1) is 30.9 Å². The number of primary amides is 1. The van der Waals surface area contributed by atoms with Gasteiger partial charge in [0.1, 0.15) is 11.3 Å². The number of benzene rings is 4. The van der Waals surface area contributed by atoms with Crippen LogP contribution in [0.25, 0.3) is 10.8 Å². The Bertz CT molecular complexity index is 1700. The molecule has 0 aliphatic carbocycles. The first-order valence-electron chi connectivity index (χ1n) is 13.6. The van der Waals surface area contributed by atoms with Gasteiger partial charge in [-0.1, -0.05) is 57.9 Å². The van der Waals surface area contributed by atoms with Crippen molar-refractivity contribution in [2.45, 2.75) is 25.9 Å². The lowest BCUT2D eigenvalue weighted by Crippen LogP contribution is -2.63. The van der Waals surface area contributed by atoms with Gasteiger partial charge >= 0.3 is 0 Å². The summed E-state index contributed by atoms with van der Waals surface area (Å²) >= 11 is 3.64. The quantitative estimate of drug-likeness (QED) is 0.267. The van der Waals surface area contributed by atoms with Crippen LogP contribution in [-0.2, 0) is 16.1 Å². The molecule has 2 atom stereocenters. The number of anilines is 2. The zero-order chi connectivity index (χ0) is 30.2. The maximum Gasteiger partial charge on any atom is 0.258 e. The zero-order valence-electron chi connectivity index (χ0n) is 24.4. The Kier molecular flexibility index (Phi) is 9.49. The standard InChI is InChI=1S/C33H33BrN4O4.ClH/c1-20-12-14-21(15-13-20)30(39)38-19-25(33(2,36-3)32(35)41)31(40)37(27-10-5-6-11-28(27)38)18-24-22-8-7-9-26(34)23(22)16-17-29(24)42-4;/h5-17,25,36H,18-19H2,1-4H3,(H2,35,41);1H/t25-,33?;/m1./s1. The van der Waals surface area contributed by atoms with E-state index in [0.29, 0.717) is 22.7 Å². The fourth-order valence-electron chi connectivity index (χ4n) is 5.57. The summed E-state index contributed by atoms with van der Waals surface area (Å²) in [4.78, 5) is 44.9. The molecule has 0 saturated carbocycles. The number of nitrogens with zero attached hydrogens (tertiary/aromatic N) is 2. The summed E-state index contributed by atoms with van der Waals surface area (Å²) in [7, 11) is 3.19. The van der Waals surface area contributed by atoms with Gasteiger partial charge in [-0.3, -0.25) is 14.4 Å². The minimum absolute atomic E-state index is 0. The molecule has 1 aliphatic heterocycles. The third kappa shape index (κ3) is 5.72. The second kappa shape index (κ2) is 12.8. The van der Waals surface area contributed by atoms with Crippen LogP contribution in [0.15, 0.2) is 83.3 Å². The number of carbonyl (C=O) groups excluding carboxylic acids is 3. The fraction of sp³-hybridized carbons (Fsp3) is 0.242. The highest BCUT2D eigenvalue weighted by Gasteiger charge is 2.48. The van der Waals surface area contributed by atoms with Crippen molar-refractivity contribution in [3.63, 3.8) is 0 Å². The van der Waals surface area contributed by atoms with E-state index in [4.69, 9.17) is 10.5 Å². The maximum atomic E-state index is 14.7. The Labute approximate surface area is 265 Å². The Morgan fingerprint density at radius 1 is 1.00 bits per heavy atom. The minimum atomic E-state index is -1.45. The van der Waals surface area contributed by atoms with Crippen molar-refractivity contribution in [1.82, 2.24) is 5.32 Å². The summed E-state index contributed by atoms with van der Waals surface area (Å²) in [6.45, 7) is 3.63. The van der Waals surface area contributed by atoms with E-state index >= 15 is 0 Å². The van der Waals surface area contributed by atoms with Crippen LogP contribution in [0.5, 0.6) is 5.75 Å². The van der Waals surface area contributed by atoms with Crippen molar-refractivity contribution in [1.29, 1.82) is 0 Å². The van der Waals surface area contributed by atoms with Crippen molar-refractivity contribution < 1.29 is 19.1 Å². The monoisotopic (exact) mass is 664 g/mol. The number of ether oxygens (including phenoxy) is 1. The fourth-order valence-corrected chi connectivity index (χ4v) is 6.07. The molecule has 10 heteroatoms. The lowest BCUT2D eigenvalue weighted by Gasteiger charge is -2.36. The number of carbonyl (C=O) groups is 3. The van der Waals surface area contributed by atoms with Crippen LogP contribution in [0.1, 0.15) is 28.4 Å². The predicted octanol–water partition coefficient (Wildman–Crippen LogP) is 5.61. The second-order valence-corrected chi connectivity index (χ2v) is 11.5. The summed E-state index contributed by atoms with van der Waals surface area (Å²) < 4.78 is 6.68. The molecular formula is C33H34BrClN4O4. The minimum Gasteiger partial charge on any atom is -0.496 e. The van der Waals surface area contributed by atoms with Gasteiger partial charge in [-0.05, 0) is 74.1 Å². The maximum absolute atomic E-state index is 14.7. The topological polar surface area (TPSA) is 105 Å². The summed E-state index contributed by atoms with van der Waals surface area (Å²) in [5.41, 5.74) is 7.85. The molecule has 5 rings (SSSR count). The Balaban J connectivity index is 0.00000423. The van der Waals surface area contributed by atoms with E-state index in [0.717, 1.165) is 26.4 Å². The molecule has 3 N–H and O–H groups in total. The van der Waals surface area contributed by atoms with Crippen LogP contribution in [-0.4, -0.2) is 44.0 Å². The van der Waals surface area contributed by atoms with E-state index in [2.05, 4.69) is 21.2 Å². The number of aryl methyl sites for hydroxylation is 1. The molecule has 0 bridgehead atoms. The van der Waals surface area contributed by atoms with E-state index in [1.165, 1.54) is 0 Å². The highest BCUT2D eigenvalue weighted by atomic mass is 79.9. The third-order valence-corrected chi connectivity index (χ3v) is 8.97. The number of para-hydroxylation sites is 2. The molecular weight excluding hydrogens is 632 g/mol. The summed E-state index contributed by atoms with van der Waals surface area (Å²) in [5.74, 6) is -1.70. The number of fused-ring (bicyclic) bond motifs is 2. The van der Waals surface area contributed by atoms with Gasteiger partial charge in [0.25, 0.3) is 5.91 Å². The Morgan fingerprint density at radius 2 is 1.67 bits per heavy atom. The van der Waals surface area contributed by atoms with Gasteiger partial charge in [0, 0.05) is 22.1 Å². The first-order valence-corrected chi connectivity index (χ1v) is 14.4. The van der Waals surface area contributed by atoms with Gasteiger partial charge in [0.2, 0.25) is 11.8 Å². The summed E-state index contributed by atoms with van der Waals surface area (Å²) in [6.07, 6.45) is 0. The number of halogens is 2. The number of likely N-dealkylation sites (N-methyl/N-ethyl adjacent to an activating group) is 1. The Morgan fingerprint density at radius 3 is 2.30 bits per heavy atom. The Hall–Kier alpha value is -3.92. The lowest BCUT2D eigenvalue weighted by atomic mass is 9.83. The van der Waals surface area contributed by atoms with Gasteiger partial charge in [-0.15, -0.1) is 12.4 Å². The van der Waals surface area contributed by atoms with Crippen LogP contribution in [0.2, 0.25) is 0 Å². The first-order chi connectivity index (χ1) is 20.1. The molecule has 1 heterocycles. The molecule has 4 aromatic rings. The zero-order valence-corrected chi connectivity index (χ0v) is 26.8. The molecule has 0 radical (unpaired) electrons. The van der Waals surface area contributed by atoms with Crippen LogP contribution < -0.4 is 25.6 Å². The number of methoxy groups -OCH3 is 1. The van der Waals surface area contributed by atoms with Crippen LogP contribution in [0.4, 0.5) is 11.4 Å². The average Bonchev–Trinajstić information content (AvgIpc) is 3.11. The van der Waals surface area contributed by atoms with E-state index < -0.39 is 17.4 Å². The molecule has 224 valence electrons. The largest absolute Gasteiger partial charge is 0.496 e. The van der Waals surface area contributed by atoms with Gasteiger partial charge in [-0.2, -0.15) is 0 Å². The van der Waals surface area contributed by atoms with Crippen molar-refractivity contribution in [2.75, 3.05) is 30.5 Å². The molecule has 0 fully saturated rings. The van der Waals surface area contributed by atoms with Crippen LogP contribution in [0, 0.1) is 12.8 Å². The molecule has 3 amide bonds. The van der Waals surface area contributed by atoms with Gasteiger partial charge in [0.15, 0.2) is 0 Å². The predicted molar refractivity (Wildman–Crippen MR) is 176 cm³/mol. The summed E-state index contributed by atoms with van der Waals surface area (Å²) in [5, 5.41) is 4.87. The lowest BCUT2D eigenvalue weighted by molar-refractivity contribution is -0.133. The average molecular weight is 666 g/mol. The first kappa shape index (κ1) is 32.0. The SMILES string of the molecule is CNC(C)(C(N)=O)[C@@H]1CN(C(=O)c2ccc(C)cc2)c2ccccc2N(Cc2c(OC)ccc3c(Br)cccc23)C1=O.Cl. The van der Waals surface area contributed by atoms with Crippen LogP contribution >= 0.6 is 28.3 Å². The summed E-state index contributed by atoms with van der Waals surface area (Å²) in [6, 6.07) is 24.3. The molecule has 0 saturated heterocycles. The number of nitrogens with one attached hydrogen (secondary N) is 1. The highest BCUT2D eigenvalue weighted by Crippen LogP contribution is 2.41. The second-order valence-electron chi connectivity index (χ2n) is 10.6. The highest BCUT2D eigenvalue weighted by molar-refractivity contribution is 9.10. The smallest absolute Gasteiger partial charge is 0.258 e. The van der Waals surface area contributed by atoms with Gasteiger partial charge < -0.3 is 25.6 Å². The molecule has 4 aromatic carbocycles. The van der Waals surface area contributed by atoms with Gasteiger partial charge in [-0.25, -0.2) is 0 Å². The molecule has 1 unspecified atom stereocenters. The van der Waals surface area contributed by atoms with E-state index in [1.807, 2.05) is 73.7 Å².